The Labute approximate surface area is 117 Å². The van der Waals surface area contributed by atoms with E-state index >= 15 is 0 Å². The Kier molecular flexibility index (Phi) is 8.07. The smallest absolute Gasteiger partial charge is 0.246 e. The van der Waals surface area contributed by atoms with Crippen LogP contribution in [0.5, 0.6) is 0 Å². The predicted molar refractivity (Wildman–Crippen MR) is 78.1 cm³/mol. The molecule has 4 heteroatoms. The fourth-order valence-electron chi connectivity index (χ4n) is 2.47. The quantitative estimate of drug-likeness (QED) is 0.710. The lowest BCUT2D eigenvalue weighted by Gasteiger charge is -2.28. The number of nitrogens with one attached hydrogen (secondary N) is 2. The first-order chi connectivity index (χ1) is 9.11. The minimum absolute atomic E-state index is 0.0226. The van der Waals surface area contributed by atoms with E-state index in [-0.39, 0.29) is 18.6 Å². The van der Waals surface area contributed by atoms with Crippen LogP contribution in [0.3, 0.4) is 0 Å². The fraction of sp³-hybridized carbons (Fsp3) is 0.933. The molecule has 1 fully saturated rings. The SMILES string of the molecule is CCNC1CCC(OCC(=O)NCCC(C)C)CC1. The van der Waals surface area contributed by atoms with Crippen molar-refractivity contribution in [2.24, 2.45) is 5.92 Å². The first-order valence-electron chi connectivity index (χ1n) is 7.73. The molecule has 0 aromatic heterocycles. The van der Waals surface area contributed by atoms with Crippen molar-refractivity contribution in [2.45, 2.75) is 65.0 Å². The van der Waals surface area contributed by atoms with E-state index in [1.165, 1.54) is 0 Å². The van der Waals surface area contributed by atoms with Crippen molar-refractivity contribution in [3.63, 3.8) is 0 Å². The number of ether oxygens (including phenoxy) is 1. The topological polar surface area (TPSA) is 50.4 Å². The average molecular weight is 270 g/mol. The van der Waals surface area contributed by atoms with Crippen LogP contribution < -0.4 is 10.6 Å². The molecule has 0 saturated heterocycles. The van der Waals surface area contributed by atoms with Crippen molar-refractivity contribution in [2.75, 3.05) is 19.7 Å². The molecule has 0 atom stereocenters. The van der Waals surface area contributed by atoms with Crippen molar-refractivity contribution in [1.29, 1.82) is 0 Å². The van der Waals surface area contributed by atoms with Gasteiger partial charge in [0.25, 0.3) is 0 Å². The molecule has 112 valence electrons. The third-order valence-electron chi connectivity index (χ3n) is 3.66. The van der Waals surface area contributed by atoms with Crippen LogP contribution >= 0.6 is 0 Å². The molecule has 1 amide bonds. The van der Waals surface area contributed by atoms with Crippen molar-refractivity contribution in [3.05, 3.63) is 0 Å². The first-order valence-corrected chi connectivity index (χ1v) is 7.73. The number of carbonyl (C=O) groups is 1. The van der Waals surface area contributed by atoms with E-state index in [2.05, 4.69) is 31.4 Å². The molecule has 1 aliphatic rings. The lowest BCUT2D eigenvalue weighted by molar-refractivity contribution is -0.128. The second-order valence-corrected chi connectivity index (χ2v) is 5.87. The van der Waals surface area contributed by atoms with Gasteiger partial charge in [0.1, 0.15) is 6.61 Å². The molecule has 0 aliphatic heterocycles. The summed E-state index contributed by atoms with van der Waals surface area (Å²) in [5.74, 6) is 0.650. The number of hydrogen-bond acceptors (Lipinski definition) is 3. The summed E-state index contributed by atoms with van der Waals surface area (Å²) in [6, 6.07) is 0.643. The van der Waals surface area contributed by atoms with Gasteiger partial charge in [-0.05, 0) is 44.6 Å². The highest BCUT2D eigenvalue weighted by Gasteiger charge is 2.21. The van der Waals surface area contributed by atoms with Crippen LogP contribution in [0.15, 0.2) is 0 Å². The highest BCUT2D eigenvalue weighted by molar-refractivity contribution is 5.77. The van der Waals surface area contributed by atoms with E-state index in [4.69, 9.17) is 4.74 Å². The van der Waals surface area contributed by atoms with E-state index in [0.29, 0.717) is 12.0 Å². The third kappa shape index (κ3) is 7.53. The van der Waals surface area contributed by atoms with Crippen molar-refractivity contribution < 1.29 is 9.53 Å². The van der Waals surface area contributed by atoms with Crippen LogP contribution in [0.2, 0.25) is 0 Å². The van der Waals surface area contributed by atoms with Crippen LogP contribution in [-0.2, 0) is 9.53 Å². The van der Waals surface area contributed by atoms with Crippen LogP contribution in [0.4, 0.5) is 0 Å². The van der Waals surface area contributed by atoms with E-state index in [9.17, 15) is 4.79 Å². The highest BCUT2D eigenvalue weighted by Crippen LogP contribution is 2.20. The molecule has 0 spiro atoms. The Bertz CT molecular complexity index is 249. The minimum atomic E-state index is 0.0226. The van der Waals surface area contributed by atoms with Gasteiger partial charge in [-0.3, -0.25) is 4.79 Å². The molecule has 2 N–H and O–H groups in total. The molecule has 0 unspecified atom stereocenters. The minimum Gasteiger partial charge on any atom is -0.368 e. The Balaban J connectivity index is 2.05. The Hall–Kier alpha value is -0.610. The van der Waals surface area contributed by atoms with E-state index in [1.807, 2.05) is 0 Å². The van der Waals surface area contributed by atoms with Gasteiger partial charge in [-0.25, -0.2) is 0 Å². The zero-order valence-corrected chi connectivity index (χ0v) is 12.7. The summed E-state index contributed by atoms with van der Waals surface area (Å²) in [5.41, 5.74) is 0. The summed E-state index contributed by atoms with van der Waals surface area (Å²) in [5, 5.41) is 6.38. The monoisotopic (exact) mass is 270 g/mol. The molecule has 0 aromatic carbocycles. The molecule has 19 heavy (non-hydrogen) atoms. The van der Waals surface area contributed by atoms with Gasteiger partial charge in [0.05, 0.1) is 6.10 Å². The Morgan fingerprint density at radius 3 is 2.53 bits per heavy atom. The summed E-state index contributed by atoms with van der Waals surface area (Å²) in [7, 11) is 0. The summed E-state index contributed by atoms with van der Waals surface area (Å²) in [6.07, 6.45) is 5.75. The van der Waals surface area contributed by atoms with Crippen molar-refractivity contribution >= 4 is 5.91 Å². The standard InChI is InChI=1S/C15H30N2O2/c1-4-16-13-5-7-14(8-6-13)19-11-15(18)17-10-9-12(2)3/h12-14,16H,4-11H2,1-3H3,(H,17,18). The van der Waals surface area contributed by atoms with Gasteiger partial charge in [0.2, 0.25) is 5.91 Å². The van der Waals surface area contributed by atoms with E-state index in [1.54, 1.807) is 0 Å². The van der Waals surface area contributed by atoms with Crippen LogP contribution in [0.25, 0.3) is 0 Å². The number of amides is 1. The largest absolute Gasteiger partial charge is 0.368 e. The Morgan fingerprint density at radius 2 is 1.95 bits per heavy atom. The second-order valence-electron chi connectivity index (χ2n) is 5.87. The summed E-state index contributed by atoms with van der Waals surface area (Å²) in [6.45, 7) is 8.47. The van der Waals surface area contributed by atoms with E-state index < -0.39 is 0 Å². The zero-order chi connectivity index (χ0) is 14.1. The molecule has 1 aliphatic carbocycles. The van der Waals surface area contributed by atoms with Gasteiger partial charge in [-0.1, -0.05) is 20.8 Å². The highest BCUT2D eigenvalue weighted by atomic mass is 16.5. The van der Waals surface area contributed by atoms with Crippen LogP contribution in [0.1, 0.15) is 52.9 Å². The lowest BCUT2D eigenvalue weighted by atomic mass is 9.93. The van der Waals surface area contributed by atoms with Crippen LogP contribution in [0, 0.1) is 5.92 Å². The van der Waals surface area contributed by atoms with Gasteiger partial charge >= 0.3 is 0 Å². The van der Waals surface area contributed by atoms with Crippen molar-refractivity contribution in [1.82, 2.24) is 10.6 Å². The number of carbonyl (C=O) groups excluding carboxylic acids is 1. The van der Waals surface area contributed by atoms with Gasteiger partial charge in [0, 0.05) is 12.6 Å². The average Bonchev–Trinajstić information content (AvgIpc) is 2.38. The van der Waals surface area contributed by atoms with Gasteiger partial charge in [-0.2, -0.15) is 0 Å². The number of hydrogen-bond donors (Lipinski definition) is 2. The molecular weight excluding hydrogens is 240 g/mol. The van der Waals surface area contributed by atoms with Gasteiger partial charge in [0.15, 0.2) is 0 Å². The molecule has 0 radical (unpaired) electrons. The van der Waals surface area contributed by atoms with E-state index in [0.717, 1.165) is 45.2 Å². The van der Waals surface area contributed by atoms with Crippen molar-refractivity contribution in [3.8, 4) is 0 Å². The van der Waals surface area contributed by atoms with Gasteiger partial charge in [-0.15, -0.1) is 0 Å². The fourth-order valence-corrected chi connectivity index (χ4v) is 2.47. The molecule has 1 saturated carbocycles. The normalized spacial score (nSPS) is 23.6. The maximum absolute atomic E-state index is 11.6. The van der Waals surface area contributed by atoms with Gasteiger partial charge < -0.3 is 15.4 Å². The molecular formula is C15H30N2O2. The third-order valence-corrected chi connectivity index (χ3v) is 3.66. The molecule has 0 aromatic rings. The number of rotatable bonds is 8. The summed E-state index contributed by atoms with van der Waals surface area (Å²) < 4.78 is 5.69. The maximum atomic E-state index is 11.6. The molecule has 1 rings (SSSR count). The lowest BCUT2D eigenvalue weighted by Crippen LogP contribution is -2.37. The maximum Gasteiger partial charge on any atom is 0.246 e. The first kappa shape index (κ1) is 16.4. The predicted octanol–water partition coefficient (Wildman–Crippen LogP) is 2.09. The summed E-state index contributed by atoms with van der Waals surface area (Å²) in [4.78, 5) is 11.6. The van der Waals surface area contributed by atoms with Crippen LogP contribution in [-0.4, -0.2) is 37.7 Å². The molecule has 4 nitrogen and oxygen atoms in total. The second kappa shape index (κ2) is 9.32. The Morgan fingerprint density at radius 1 is 1.26 bits per heavy atom. The molecule has 0 bridgehead atoms. The zero-order valence-electron chi connectivity index (χ0n) is 12.7. The summed E-state index contributed by atoms with van der Waals surface area (Å²) >= 11 is 0. The molecule has 0 heterocycles.